The Morgan fingerprint density at radius 1 is 1.29 bits per heavy atom. The molecule has 1 aromatic heterocycles. The predicted molar refractivity (Wildman–Crippen MR) is 77.0 cm³/mol. The molecule has 1 heterocycles. The number of hydrogen-bond acceptors (Lipinski definition) is 3. The van der Waals surface area contributed by atoms with Crippen molar-refractivity contribution in [2.75, 3.05) is 19.6 Å². The highest BCUT2D eigenvalue weighted by atomic mass is 35.5. The van der Waals surface area contributed by atoms with Gasteiger partial charge in [0.1, 0.15) is 0 Å². The largest absolute Gasteiger partial charge is 0.304 e. The molecule has 0 amide bonds. The summed E-state index contributed by atoms with van der Waals surface area (Å²) in [6.07, 6.45) is 4.85. The van der Waals surface area contributed by atoms with Crippen molar-refractivity contribution in [3.05, 3.63) is 16.1 Å². The minimum atomic E-state index is 0.538. The summed E-state index contributed by atoms with van der Waals surface area (Å²) in [5.74, 6) is 0.538. The lowest BCUT2D eigenvalue weighted by Gasteiger charge is -2.18. The van der Waals surface area contributed by atoms with Gasteiger partial charge in [0.05, 0.1) is 16.6 Å². The van der Waals surface area contributed by atoms with Crippen molar-refractivity contribution >= 4 is 22.9 Å². The molecule has 17 heavy (non-hydrogen) atoms. The van der Waals surface area contributed by atoms with E-state index >= 15 is 0 Å². The molecule has 0 N–H and O–H groups in total. The molecular formula is C13H23ClN2S. The predicted octanol–water partition coefficient (Wildman–Crippen LogP) is 3.94. The standard InChI is InChI=1S/C13H23ClN2S/c1-3-8-16(4-2)9-6-5-7-13-15-12(10-14)11-17-13/h11H,3-10H2,1-2H3. The Kier molecular flexibility index (Phi) is 7.82. The van der Waals surface area contributed by atoms with Gasteiger partial charge < -0.3 is 4.90 Å². The molecule has 0 radical (unpaired) electrons. The average Bonchev–Trinajstić information content (AvgIpc) is 2.81. The normalized spacial score (nSPS) is 11.3. The molecular weight excluding hydrogens is 252 g/mol. The fraction of sp³-hybridized carbons (Fsp3) is 0.769. The van der Waals surface area contributed by atoms with Crippen LogP contribution in [0.1, 0.15) is 43.8 Å². The number of thiazole rings is 1. The van der Waals surface area contributed by atoms with E-state index in [-0.39, 0.29) is 0 Å². The van der Waals surface area contributed by atoms with E-state index in [9.17, 15) is 0 Å². The van der Waals surface area contributed by atoms with Crippen LogP contribution in [0, 0.1) is 0 Å². The van der Waals surface area contributed by atoms with E-state index in [1.165, 1.54) is 43.9 Å². The number of rotatable bonds is 9. The summed E-state index contributed by atoms with van der Waals surface area (Å²) in [4.78, 5) is 6.99. The molecule has 0 unspecified atom stereocenters. The number of aryl methyl sites for hydroxylation is 1. The quantitative estimate of drug-likeness (QED) is 0.501. The number of hydrogen-bond donors (Lipinski definition) is 0. The number of unbranched alkanes of at least 4 members (excludes halogenated alkanes) is 1. The first-order chi connectivity index (χ1) is 8.30. The van der Waals surface area contributed by atoms with E-state index < -0.39 is 0 Å². The third-order valence-electron chi connectivity index (χ3n) is 2.84. The molecule has 0 bridgehead atoms. The van der Waals surface area contributed by atoms with Crippen LogP contribution in [0.25, 0.3) is 0 Å². The van der Waals surface area contributed by atoms with Gasteiger partial charge in [-0.05, 0) is 45.3 Å². The van der Waals surface area contributed by atoms with Crippen LogP contribution in [-0.2, 0) is 12.3 Å². The highest BCUT2D eigenvalue weighted by molar-refractivity contribution is 7.09. The summed E-state index contributed by atoms with van der Waals surface area (Å²) >= 11 is 7.47. The molecule has 0 atom stereocenters. The number of halogens is 1. The van der Waals surface area contributed by atoms with Crippen molar-refractivity contribution in [1.82, 2.24) is 9.88 Å². The Balaban J connectivity index is 2.14. The molecule has 0 aliphatic rings. The summed E-state index contributed by atoms with van der Waals surface area (Å²) in [6.45, 7) is 8.10. The van der Waals surface area contributed by atoms with Crippen LogP contribution < -0.4 is 0 Å². The first kappa shape index (κ1) is 14.9. The zero-order chi connectivity index (χ0) is 12.5. The molecule has 98 valence electrons. The Hall–Kier alpha value is -0.120. The van der Waals surface area contributed by atoms with Gasteiger partial charge in [-0.3, -0.25) is 0 Å². The van der Waals surface area contributed by atoms with Crippen molar-refractivity contribution in [3.63, 3.8) is 0 Å². The summed E-state index contributed by atoms with van der Waals surface area (Å²) in [5, 5.41) is 3.30. The van der Waals surface area contributed by atoms with Crippen LogP contribution in [-0.4, -0.2) is 29.5 Å². The van der Waals surface area contributed by atoms with Gasteiger partial charge in [0.25, 0.3) is 0 Å². The van der Waals surface area contributed by atoms with Crippen LogP contribution in [0.4, 0.5) is 0 Å². The fourth-order valence-electron chi connectivity index (χ4n) is 1.88. The second-order valence-corrected chi connectivity index (χ2v) is 5.47. The molecule has 0 fully saturated rings. The van der Waals surface area contributed by atoms with Crippen LogP contribution in [0.3, 0.4) is 0 Å². The lowest BCUT2D eigenvalue weighted by atomic mass is 10.2. The number of aromatic nitrogens is 1. The van der Waals surface area contributed by atoms with Crippen LogP contribution >= 0.6 is 22.9 Å². The second kappa shape index (κ2) is 8.90. The topological polar surface area (TPSA) is 16.1 Å². The van der Waals surface area contributed by atoms with Gasteiger partial charge in [0.15, 0.2) is 0 Å². The maximum absolute atomic E-state index is 5.73. The highest BCUT2D eigenvalue weighted by Crippen LogP contribution is 2.14. The number of nitrogens with zero attached hydrogens (tertiary/aromatic N) is 2. The Bertz CT molecular complexity index is 301. The van der Waals surface area contributed by atoms with Crippen molar-refractivity contribution in [1.29, 1.82) is 0 Å². The van der Waals surface area contributed by atoms with Gasteiger partial charge in [-0.2, -0.15) is 0 Å². The maximum Gasteiger partial charge on any atom is 0.0928 e. The third kappa shape index (κ3) is 5.84. The summed E-state index contributed by atoms with van der Waals surface area (Å²) < 4.78 is 0. The molecule has 2 nitrogen and oxygen atoms in total. The maximum atomic E-state index is 5.73. The fourth-order valence-corrected chi connectivity index (χ4v) is 2.95. The van der Waals surface area contributed by atoms with Gasteiger partial charge in [0, 0.05) is 5.38 Å². The Morgan fingerprint density at radius 2 is 2.12 bits per heavy atom. The summed E-state index contributed by atoms with van der Waals surface area (Å²) in [7, 11) is 0. The monoisotopic (exact) mass is 274 g/mol. The van der Waals surface area contributed by atoms with Crippen molar-refractivity contribution in [2.24, 2.45) is 0 Å². The molecule has 0 saturated carbocycles. The average molecular weight is 275 g/mol. The van der Waals surface area contributed by atoms with E-state index in [2.05, 4.69) is 29.1 Å². The van der Waals surface area contributed by atoms with Crippen molar-refractivity contribution in [3.8, 4) is 0 Å². The van der Waals surface area contributed by atoms with Crippen molar-refractivity contribution in [2.45, 2.75) is 45.4 Å². The zero-order valence-electron chi connectivity index (χ0n) is 10.9. The molecule has 1 aromatic rings. The van der Waals surface area contributed by atoms with Crippen molar-refractivity contribution < 1.29 is 0 Å². The molecule has 0 aliphatic heterocycles. The second-order valence-electron chi connectivity index (χ2n) is 4.26. The van der Waals surface area contributed by atoms with E-state index in [0.717, 1.165) is 12.1 Å². The molecule has 0 saturated heterocycles. The Labute approximate surface area is 114 Å². The van der Waals surface area contributed by atoms with Gasteiger partial charge >= 0.3 is 0 Å². The minimum absolute atomic E-state index is 0.538. The molecule has 0 aromatic carbocycles. The first-order valence-electron chi connectivity index (χ1n) is 6.51. The SMILES string of the molecule is CCCN(CC)CCCCc1nc(CCl)cs1. The van der Waals surface area contributed by atoms with E-state index in [0.29, 0.717) is 5.88 Å². The lowest BCUT2D eigenvalue weighted by molar-refractivity contribution is 0.282. The minimum Gasteiger partial charge on any atom is -0.304 e. The Morgan fingerprint density at radius 3 is 2.71 bits per heavy atom. The molecule has 4 heteroatoms. The molecule has 1 rings (SSSR count). The van der Waals surface area contributed by atoms with E-state index in [1.54, 1.807) is 11.3 Å². The smallest absolute Gasteiger partial charge is 0.0928 e. The molecule has 0 spiro atoms. The van der Waals surface area contributed by atoms with Gasteiger partial charge in [-0.15, -0.1) is 22.9 Å². The number of alkyl halides is 1. The van der Waals surface area contributed by atoms with Crippen LogP contribution in [0.5, 0.6) is 0 Å². The van der Waals surface area contributed by atoms with Gasteiger partial charge in [-0.25, -0.2) is 4.98 Å². The lowest BCUT2D eigenvalue weighted by Crippen LogP contribution is -2.25. The first-order valence-corrected chi connectivity index (χ1v) is 7.93. The van der Waals surface area contributed by atoms with E-state index in [1.807, 2.05) is 0 Å². The zero-order valence-corrected chi connectivity index (χ0v) is 12.5. The highest BCUT2D eigenvalue weighted by Gasteiger charge is 2.03. The van der Waals surface area contributed by atoms with Gasteiger partial charge in [-0.1, -0.05) is 13.8 Å². The molecule has 0 aliphatic carbocycles. The summed E-state index contributed by atoms with van der Waals surface area (Å²) in [6, 6.07) is 0. The van der Waals surface area contributed by atoms with Crippen LogP contribution in [0.2, 0.25) is 0 Å². The summed E-state index contributed by atoms with van der Waals surface area (Å²) in [5.41, 5.74) is 1.02. The van der Waals surface area contributed by atoms with Gasteiger partial charge in [0.2, 0.25) is 0 Å². The van der Waals surface area contributed by atoms with E-state index in [4.69, 9.17) is 11.6 Å². The van der Waals surface area contributed by atoms with Crippen LogP contribution in [0.15, 0.2) is 5.38 Å². The third-order valence-corrected chi connectivity index (χ3v) is 4.07.